The van der Waals surface area contributed by atoms with Gasteiger partial charge in [-0.2, -0.15) is 0 Å². The number of hydrogen-bond acceptors (Lipinski definition) is 2. The maximum Gasteiger partial charge on any atom is 0.123 e. The lowest BCUT2D eigenvalue weighted by atomic mass is 10.2. The lowest BCUT2D eigenvalue weighted by molar-refractivity contribution is 0.620. The Kier molecular flexibility index (Phi) is 3.54. The number of hydrogen-bond donors (Lipinski definition) is 1. The number of aryl methyl sites for hydroxylation is 1. The van der Waals surface area contributed by atoms with Crippen LogP contribution in [0.15, 0.2) is 30.5 Å². The Balaban J connectivity index is 2.26. The van der Waals surface area contributed by atoms with Crippen molar-refractivity contribution < 1.29 is 4.39 Å². The number of aromatic nitrogens is 2. The third-order valence-electron chi connectivity index (χ3n) is 2.73. The Morgan fingerprint density at radius 2 is 2.24 bits per heavy atom. The van der Waals surface area contributed by atoms with Crippen molar-refractivity contribution >= 4 is 0 Å². The molecule has 3 nitrogen and oxygen atoms in total. The molecule has 1 N–H and O–H groups in total. The molecule has 0 aliphatic rings. The largest absolute Gasteiger partial charge is 0.327 e. The summed E-state index contributed by atoms with van der Waals surface area (Å²) in [7, 11) is 1.90. The normalized spacial score (nSPS) is 10.8. The molecule has 0 fully saturated rings. The Labute approximate surface area is 100 Å². The van der Waals surface area contributed by atoms with Gasteiger partial charge in [-0.25, -0.2) is 9.37 Å². The second-order valence-electron chi connectivity index (χ2n) is 4.04. The van der Waals surface area contributed by atoms with Crippen LogP contribution in [0.4, 0.5) is 4.39 Å². The van der Waals surface area contributed by atoms with Crippen molar-refractivity contribution in [1.82, 2.24) is 14.9 Å². The molecule has 0 atom stereocenters. The zero-order chi connectivity index (χ0) is 12.3. The highest BCUT2D eigenvalue weighted by Gasteiger charge is 2.06. The summed E-state index contributed by atoms with van der Waals surface area (Å²) in [6, 6.07) is 6.67. The molecular formula is C13H16FN3. The Morgan fingerprint density at radius 3 is 2.94 bits per heavy atom. The molecule has 0 amide bonds. The van der Waals surface area contributed by atoms with Gasteiger partial charge in [-0.1, -0.05) is 12.1 Å². The molecule has 0 saturated heterocycles. The predicted octanol–water partition coefficient (Wildman–Crippen LogP) is 2.10. The highest BCUT2D eigenvalue weighted by molar-refractivity contribution is 5.18. The van der Waals surface area contributed by atoms with E-state index in [1.54, 1.807) is 12.1 Å². The third kappa shape index (κ3) is 2.71. The molecule has 0 saturated carbocycles. The first-order valence-electron chi connectivity index (χ1n) is 5.60. The Morgan fingerprint density at radius 1 is 1.41 bits per heavy atom. The summed E-state index contributed by atoms with van der Waals surface area (Å²) in [4.78, 5) is 4.28. The maximum absolute atomic E-state index is 13.1. The molecule has 2 aromatic rings. The molecule has 2 rings (SSSR count). The SMILES string of the molecule is CNCc1cnc(C)n1Cc1cccc(F)c1. The molecule has 0 bridgehead atoms. The number of benzene rings is 1. The Bertz CT molecular complexity index is 505. The third-order valence-corrected chi connectivity index (χ3v) is 2.73. The number of halogens is 1. The summed E-state index contributed by atoms with van der Waals surface area (Å²) >= 11 is 0. The van der Waals surface area contributed by atoms with Gasteiger partial charge in [-0.15, -0.1) is 0 Å². The fraction of sp³-hybridized carbons (Fsp3) is 0.308. The zero-order valence-electron chi connectivity index (χ0n) is 10.1. The van der Waals surface area contributed by atoms with Gasteiger partial charge in [0, 0.05) is 19.3 Å². The molecule has 4 heteroatoms. The lowest BCUT2D eigenvalue weighted by Gasteiger charge is -2.10. The van der Waals surface area contributed by atoms with Crippen molar-refractivity contribution in [3.05, 3.63) is 53.4 Å². The van der Waals surface area contributed by atoms with Crippen molar-refractivity contribution in [1.29, 1.82) is 0 Å². The van der Waals surface area contributed by atoms with Crippen molar-refractivity contribution in [3.63, 3.8) is 0 Å². The minimum Gasteiger partial charge on any atom is -0.327 e. The summed E-state index contributed by atoms with van der Waals surface area (Å²) in [6.45, 7) is 3.37. The second-order valence-corrected chi connectivity index (χ2v) is 4.04. The molecule has 1 aromatic heterocycles. The summed E-state index contributed by atoms with van der Waals surface area (Å²) < 4.78 is 15.2. The predicted molar refractivity (Wildman–Crippen MR) is 65.2 cm³/mol. The van der Waals surface area contributed by atoms with E-state index >= 15 is 0 Å². The minimum atomic E-state index is -0.199. The molecule has 0 spiro atoms. The van der Waals surface area contributed by atoms with Gasteiger partial charge in [0.15, 0.2) is 0 Å². The van der Waals surface area contributed by atoms with Gasteiger partial charge in [0.1, 0.15) is 11.6 Å². The van der Waals surface area contributed by atoms with Gasteiger partial charge in [0.2, 0.25) is 0 Å². The number of nitrogens with zero attached hydrogens (tertiary/aromatic N) is 2. The van der Waals surface area contributed by atoms with Gasteiger partial charge in [0.05, 0.1) is 5.69 Å². The van der Waals surface area contributed by atoms with Crippen LogP contribution in [-0.4, -0.2) is 16.6 Å². The summed E-state index contributed by atoms with van der Waals surface area (Å²) in [5, 5.41) is 3.10. The summed E-state index contributed by atoms with van der Waals surface area (Å²) in [6.07, 6.45) is 1.85. The van der Waals surface area contributed by atoms with Crippen molar-refractivity contribution in [2.45, 2.75) is 20.0 Å². The highest BCUT2D eigenvalue weighted by atomic mass is 19.1. The quantitative estimate of drug-likeness (QED) is 0.876. The zero-order valence-corrected chi connectivity index (χ0v) is 10.1. The van der Waals surface area contributed by atoms with Crippen LogP contribution in [0.2, 0.25) is 0 Å². The highest BCUT2D eigenvalue weighted by Crippen LogP contribution is 2.11. The molecular weight excluding hydrogens is 217 g/mol. The van der Waals surface area contributed by atoms with Gasteiger partial charge in [-0.3, -0.25) is 0 Å². The van der Waals surface area contributed by atoms with Crippen LogP contribution >= 0.6 is 0 Å². The van der Waals surface area contributed by atoms with Crippen LogP contribution in [-0.2, 0) is 13.1 Å². The molecule has 90 valence electrons. The Hall–Kier alpha value is -1.68. The van der Waals surface area contributed by atoms with E-state index in [4.69, 9.17) is 0 Å². The van der Waals surface area contributed by atoms with E-state index in [1.807, 2.05) is 26.2 Å². The molecule has 0 aliphatic heterocycles. The summed E-state index contributed by atoms with van der Waals surface area (Å²) in [5.74, 6) is 0.745. The molecule has 1 heterocycles. The van der Waals surface area contributed by atoms with Gasteiger partial charge in [-0.05, 0) is 31.7 Å². The van der Waals surface area contributed by atoms with Gasteiger partial charge in [0.25, 0.3) is 0 Å². The van der Waals surface area contributed by atoms with Crippen LogP contribution in [0.5, 0.6) is 0 Å². The van der Waals surface area contributed by atoms with E-state index in [2.05, 4.69) is 14.9 Å². The first-order chi connectivity index (χ1) is 8.20. The van der Waals surface area contributed by atoms with E-state index in [0.29, 0.717) is 6.54 Å². The average molecular weight is 233 g/mol. The summed E-state index contributed by atoms with van der Waals surface area (Å²) in [5.41, 5.74) is 2.05. The van der Waals surface area contributed by atoms with Crippen LogP contribution in [0.1, 0.15) is 17.1 Å². The first-order valence-corrected chi connectivity index (χ1v) is 5.60. The lowest BCUT2D eigenvalue weighted by Crippen LogP contribution is -2.13. The van der Waals surface area contributed by atoms with E-state index in [9.17, 15) is 4.39 Å². The van der Waals surface area contributed by atoms with Crippen molar-refractivity contribution in [2.24, 2.45) is 0 Å². The van der Waals surface area contributed by atoms with Crippen LogP contribution in [0.25, 0.3) is 0 Å². The first kappa shape index (κ1) is 11.8. The minimum absolute atomic E-state index is 0.199. The smallest absolute Gasteiger partial charge is 0.123 e. The number of rotatable bonds is 4. The van der Waals surface area contributed by atoms with E-state index in [0.717, 1.165) is 23.6 Å². The fourth-order valence-corrected chi connectivity index (χ4v) is 1.87. The standard InChI is InChI=1S/C13H16FN3/c1-10-16-8-13(7-15-2)17(10)9-11-4-3-5-12(14)6-11/h3-6,8,15H,7,9H2,1-2H3. The number of nitrogens with one attached hydrogen (secondary N) is 1. The monoisotopic (exact) mass is 233 g/mol. The van der Waals surface area contributed by atoms with Crippen LogP contribution in [0.3, 0.4) is 0 Å². The fourth-order valence-electron chi connectivity index (χ4n) is 1.87. The molecule has 17 heavy (non-hydrogen) atoms. The average Bonchev–Trinajstić information content (AvgIpc) is 2.62. The molecule has 0 radical (unpaired) electrons. The van der Waals surface area contributed by atoms with Crippen LogP contribution < -0.4 is 5.32 Å². The topological polar surface area (TPSA) is 29.9 Å². The maximum atomic E-state index is 13.1. The number of imidazole rings is 1. The van der Waals surface area contributed by atoms with Gasteiger partial charge >= 0.3 is 0 Å². The van der Waals surface area contributed by atoms with Crippen molar-refractivity contribution in [2.75, 3.05) is 7.05 Å². The van der Waals surface area contributed by atoms with E-state index in [-0.39, 0.29) is 5.82 Å². The molecule has 0 aliphatic carbocycles. The van der Waals surface area contributed by atoms with Crippen LogP contribution in [0, 0.1) is 12.7 Å². The van der Waals surface area contributed by atoms with E-state index < -0.39 is 0 Å². The second kappa shape index (κ2) is 5.10. The van der Waals surface area contributed by atoms with Crippen molar-refractivity contribution in [3.8, 4) is 0 Å². The van der Waals surface area contributed by atoms with Gasteiger partial charge < -0.3 is 9.88 Å². The van der Waals surface area contributed by atoms with E-state index in [1.165, 1.54) is 6.07 Å². The molecule has 1 aromatic carbocycles. The molecule has 0 unspecified atom stereocenters.